The summed E-state index contributed by atoms with van der Waals surface area (Å²) < 4.78 is 0. The standard InChI is InChI=1S/C18H30N2O2/c21-17(14-6-4-5-7-14)19-16-10-12-20(13-11-16)18(22)15-8-2-1-3-9-15/h14-16H,1-13H2,(H,19,21). The van der Waals surface area contributed by atoms with Gasteiger partial charge in [-0.05, 0) is 38.5 Å². The summed E-state index contributed by atoms with van der Waals surface area (Å²) in [6.45, 7) is 1.65. The number of rotatable bonds is 3. The van der Waals surface area contributed by atoms with Crippen LogP contribution in [0.3, 0.4) is 0 Å². The maximum atomic E-state index is 12.5. The Kier molecular flexibility index (Phi) is 5.37. The molecule has 1 heterocycles. The third-order valence-corrected chi connectivity index (χ3v) is 5.83. The predicted octanol–water partition coefficient (Wildman–Crippen LogP) is 2.86. The Morgan fingerprint density at radius 1 is 0.727 bits per heavy atom. The van der Waals surface area contributed by atoms with Crippen LogP contribution in [0.15, 0.2) is 0 Å². The first-order chi connectivity index (χ1) is 10.7. The first-order valence-corrected chi connectivity index (χ1v) is 9.33. The number of hydrogen-bond acceptors (Lipinski definition) is 2. The van der Waals surface area contributed by atoms with Gasteiger partial charge in [-0.1, -0.05) is 32.1 Å². The van der Waals surface area contributed by atoms with Crippen molar-refractivity contribution in [3.8, 4) is 0 Å². The molecule has 4 nitrogen and oxygen atoms in total. The minimum absolute atomic E-state index is 0.252. The van der Waals surface area contributed by atoms with Gasteiger partial charge in [0.05, 0.1) is 0 Å². The lowest BCUT2D eigenvalue weighted by molar-refractivity contribution is -0.137. The van der Waals surface area contributed by atoms with Crippen molar-refractivity contribution in [3.05, 3.63) is 0 Å². The van der Waals surface area contributed by atoms with E-state index in [2.05, 4.69) is 5.32 Å². The highest BCUT2D eigenvalue weighted by Crippen LogP contribution is 2.27. The Labute approximate surface area is 134 Å². The second-order valence-electron chi connectivity index (χ2n) is 7.42. The zero-order chi connectivity index (χ0) is 15.4. The van der Waals surface area contributed by atoms with Gasteiger partial charge in [-0.2, -0.15) is 0 Å². The molecular weight excluding hydrogens is 276 g/mol. The predicted molar refractivity (Wildman–Crippen MR) is 86.3 cm³/mol. The monoisotopic (exact) mass is 306 g/mol. The van der Waals surface area contributed by atoms with Crippen LogP contribution >= 0.6 is 0 Å². The SMILES string of the molecule is O=C(NC1CCN(C(=O)C2CCCCC2)CC1)C1CCCC1. The lowest BCUT2D eigenvalue weighted by atomic mass is 9.87. The molecule has 2 amide bonds. The largest absolute Gasteiger partial charge is 0.353 e. The average molecular weight is 306 g/mol. The van der Waals surface area contributed by atoms with Crippen molar-refractivity contribution in [1.29, 1.82) is 0 Å². The van der Waals surface area contributed by atoms with E-state index in [0.717, 1.165) is 51.6 Å². The molecule has 1 aliphatic heterocycles. The van der Waals surface area contributed by atoms with Crippen molar-refractivity contribution >= 4 is 11.8 Å². The number of carbonyl (C=O) groups is 2. The Hall–Kier alpha value is -1.06. The zero-order valence-corrected chi connectivity index (χ0v) is 13.7. The van der Waals surface area contributed by atoms with Crippen LogP contribution in [0.5, 0.6) is 0 Å². The molecule has 1 saturated heterocycles. The van der Waals surface area contributed by atoms with E-state index in [1.165, 1.54) is 32.1 Å². The van der Waals surface area contributed by atoms with Gasteiger partial charge in [0.25, 0.3) is 0 Å². The summed E-state index contributed by atoms with van der Waals surface area (Å²) in [7, 11) is 0. The minimum Gasteiger partial charge on any atom is -0.353 e. The third-order valence-electron chi connectivity index (χ3n) is 5.83. The van der Waals surface area contributed by atoms with Crippen LogP contribution in [-0.2, 0) is 9.59 Å². The molecule has 0 spiro atoms. The van der Waals surface area contributed by atoms with E-state index in [1.807, 2.05) is 4.90 Å². The maximum Gasteiger partial charge on any atom is 0.225 e. The summed E-state index contributed by atoms with van der Waals surface area (Å²) in [5.41, 5.74) is 0. The van der Waals surface area contributed by atoms with Gasteiger partial charge >= 0.3 is 0 Å². The third kappa shape index (κ3) is 3.82. The summed E-state index contributed by atoms with van der Waals surface area (Å²) in [5, 5.41) is 3.22. The molecule has 3 aliphatic rings. The van der Waals surface area contributed by atoms with Crippen LogP contribution in [0.4, 0.5) is 0 Å². The molecule has 3 fully saturated rings. The Bertz CT molecular complexity index is 390. The van der Waals surface area contributed by atoms with Gasteiger partial charge in [-0.3, -0.25) is 9.59 Å². The van der Waals surface area contributed by atoms with Crippen molar-refractivity contribution in [2.75, 3.05) is 13.1 Å². The molecule has 2 aliphatic carbocycles. The first-order valence-electron chi connectivity index (χ1n) is 9.33. The molecule has 4 heteroatoms. The molecule has 3 rings (SSSR count). The van der Waals surface area contributed by atoms with E-state index >= 15 is 0 Å². The van der Waals surface area contributed by atoms with Crippen LogP contribution in [0.1, 0.15) is 70.6 Å². The number of likely N-dealkylation sites (tertiary alicyclic amines) is 1. The van der Waals surface area contributed by atoms with Crippen LogP contribution in [-0.4, -0.2) is 35.8 Å². The van der Waals surface area contributed by atoms with Gasteiger partial charge in [0.2, 0.25) is 11.8 Å². The Morgan fingerprint density at radius 3 is 1.91 bits per heavy atom. The fraction of sp³-hybridized carbons (Fsp3) is 0.889. The molecule has 124 valence electrons. The highest BCUT2D eigenvalue weighted by molar-refractivity contribution is 5.80. The van der Waals surface area contributed by atoms with Crippen LogP contribution in [0, 0.1) is 11.8 Å². The van der Waals surface area contributed by atoms with Crippen LogP contribution in [0.2, 0.25) is 0 Å². The summed E-state index contributed by atoms with van der Waals surface area (Å²) in [4.78, 5) is 26.8. The second kappa shape index (κ2) is 7.47. The minimum atomic E-state index is 0.252. The number of carbonyl (C=O) groups excluding carboxylic acids is 2. The summed E-state index contributed by atoms with van der Waals surface area (Å²) in [5.74, 6) is 1.16. The Balaban J connectivity index is 1.41. The number of hydrogen-bond donors (Lipinski definition) is 1. The van der Waals surface area contributed by atoms with Crippen molar-refractivity contribution in [2.45, 2.75) is 76.7 Å². The second-order valence-corrected chi connectivity index (χ2v) is 7.42. The average Bonchev–Trinajstić information content (AvgIpc) is 3.10. The molecule has 0 bridgehead atoms. The lowest BCUT2D eigenvalue weighted by Crippen LogP contribution is -2.49. The number of nitrogens with one attached hydrogen (secondary N) is 1. The maximum absolute atomic E-state index is 12.5. The Morgan fingerprint density at radius 2 is 1.27 bits per heavy atom. The van der Waals surface area contributed by atoms with E-state index in [9.17, 15) is 9.59 Å². The van der Waals surface area contributed by atoms with Gasteiger partial charge in [0.1, 0.15) is 0 Å². The molecule has 0 radical (unpaired) electrons. The highest BCUT2D eigenvalue weighted by Gasteiger charge is 2.30. The quantitative estimate of drug-likeness (QED) is 0.871. The molecule has 0 unspecified atom stereocenters. The van der Waals surface area contributed by atoms with Gasteiger partial charge in [-0.15, -0.1) is 0 Å². The number of piperidine rings is 1. The number of nitrogens with zero attached hydrogens (tertiary/aromatic N) is 1. The van der Waals surface area contributed by atoms with Crippen molar-refractivity contribution in [2.24, 2.45) is 11.8 Å². The van der Waals surface area contributed by atoms with Crippen molar-refractivity contribution in [3.63, 3.8) is 0 Å². The van der Waals surface area contributed by atoms with E-state index < -0.39 is 0 Å². The van der Waals surface area contributed by atoms with Crippen molar-refractivity contribution in [1.82, 2.24) is 10.2 Å². The fourth-order valence-corrected chi connectivity index (χ4v) is 4.36. The van der Waals surface area contributed by atoms with Gasteiger partial charge < -0.3 is 10.2 Å². The molecule has 0 atom stereocenters. The lowest BCUT2D eigenvalue weighted by Gasteiger charge is -2.35. The van der Waals surface area contributed by atoms with Gasteiger partial charge in [-0.25, -0.2) is 0 Å². The summed E-state index contributed by atoms with van der Waals surface area (Å²) in [6, 6.07) is 0.281. The van der Waals surface area contributed by atoms with E-state index in [4.69, 9.17) is 0 Å². The zero-order valence-electron chi connectivity index (χ0n) is 13.7. The molecule has 0 aromatic rings. The highest BCUT2D eigenvalue weighted by atomic mass is 16.2. The number of amides is 2. The van der Waals surface area contributed by atoms with E-state index in [-0.39, 0.29) is 23.8 Å². The fourth-order valence-electron chi connectivity index (χ4n) is 4.36. The van der Waals surface area contributed by atoms with Crippen molar-refractivity contribution < 1.29 is 9.59 Å². The topological polar surface area (TPSA) is 49.4 Å². The van der Waals surface area contributed by atoms with E-state index in [1.54, 1.807) is 0 Å². The summed E-state index contributed by atoms with van der Waals surface area (Å²) >= 11 is 0. The molecule has 2 saturated carbocycles. The molecular formula is C18H30N2O2. The van der Waals surface area contributed by atoms with E-state index in [0.29, 0.717) is 5.91 Å². The molecule has 22 heavy (non-hydrogen) atoms. The van der Waals surface area contributed by atoms with Crippen LogP contribution < -0.4 is 5.32 Å². The molecule has 0 aromatic heterocycles. The van der Waals surface area contributed by atoms with Gasteiger partial charge in [0.15, 0.2) is 0 Å². The normalized spacial score (nSPS) is 25.4. The molecule has 0 aromatic carbocycles. The first kappa shape index (κ1) is 15.8. The molecule has 1 N–H and O–H groups in total. The van der Waals surface area contributed by atoms with Crippen LogP contribution in [0.25, 0.3) is 0 Å². The van der Waals surface area contributed by atoms with Gasteiger partial charge in [0, 0.05) is 31.0 Å². The summed E-state index contributed by atoms with van der Waals surface area (Å²) in [6.07, 6.45) is 12.3. The smallest absolute Gasteiger partial charge is 0.225 e.